The fraction of sp³-hybridized carbons (Fsp3) is 0.474. The topological polar surface area (TPSA) is 44.0 Å². The Morgan fingerprint density at radius 2 is 1.96 bits per heavy atom. The first-order chi connectivity index (χ1) is 11.7. The summed E-state index contributed by atoms with van der Waals surface area (Å²) in [6.45, 7) is 2.10. The Hall–Kier alpha value is -1.88. The number of rotatable bonds is 3. The predicted octanol–water partition coefficient (Wildman–Crippen LogP) is 4.02. The van der Waals surface area contributed by atoms with E-state index in [0.29, 0.717) is 6.04 Å². The number of hydrogen-bond acceptors (Lipinski definition) is 2. The largest absolute Gasteiger partial charge is 0.361 e. The van der Waals surface area contributed by atoms with Crippen LogP contribution in [0.25, 0.3) is 0 Å². The molecule has 2 N–H and O–H groups in total. The highest BCUT2D eigenvalue weighted by Gasteiger charge is 2.43. The summed E-state index contributed by atoms with van der Waals surface area (Å²) < 4.78 is 0. The van der Waals surface area contributed by atoms with Crippen LogP contribution in [0.4, 0.5) is 0 Å². The molecule has 0 bridgehead atoms. The summed E-state index contributed by atoms with van der Waals surface area (Å²) in [4.78, 5) is 10.6. The molecule has 2 fully saturated rings. The van der Waals surface area contributed by atoms with Crippen molar-refractivity contribution in [1.82, 2.24) is 20.2 Å². The van der Waals surface area contributed by atoms with Crippen molar-refractivity contribution in [3.8, 4) is 0 Å². The summed E-state index contributed by atoms with van der Waals surface area (Å²) >= 11 is 5.76. The molecule has 4 nitrogen and oxygen atoms in total. The molecule has 4 rings (SSSR count). The molecule has 3 heterocycles. The number of hydrogen-bond donors (Lipinski definition) is 2. The molecule has 126 valence electrons. The Balaban J connectivity index is 1.73. The highest BCUT2D eigenvalue weighted by molar-refractivity contribution is 7.80. The van der Waals surface area contributed by atoms with Crippen LogP contribution in [0.5, 0.6) is 0 Å². The van der Waals surface area contributed by atoms with Gasteiger partial charge in [-0.25, -0.2) is 0 Å². The van der Waals surface area contributed by atoms with Crippen molar-refractivity contribution in [2.24, 2.45) is 0 Å². The Kier molecular flexibility index (Phi) is 4.27. The first kappa shape index (κ1) is 15.6. The molecule has 2 aliphatic rings. The van der Waals surface area contributed by atoms with Gasteiger partial charge in [0.05, 0.1) is 17.8 Å². The smallest absolute Gasteiger partial charge is 0.170 e. The third kappa shape index (κ3) is 2.81. The van der Waals surface area contributed by atoms with Crippen molar-refractivity contribution >= 4 is 17.3 Å². The molecule has 1 saturated carbocycles. The summed E-state index contributed by atoms with van der Waals surface area (Å²) in [6.07, 6.45) is 8.27. The molecular formula is C19H24N4S. The monoisotopic (exact) mass is 340 g/mol. The van der Waals surface area contributed by atoms with Gasteiger partial charge in [0.1, 0.15) is 0 Å². The van der Waals surface area contributed by atoms with E-state index in [1.165, 1.54) is 43.5 Å². The lowest BCUT2D eigenvalue weighted by molar-refractivity contribution is 0.194. The fourth-order valence-corrected chi connectivity index (χ4v) is 4.54. The lowest BCUT2D eigenvalue weighted by atomic mass is 9.92. The molecule has 0 spiro atoms. The van der Waals surface area contributed by atoms with E-state index in [1.54, 1.807) is 0 Å². The SMILES string of the molecule is Cc1ccc([C@@H]2[C@@H](c3ccccn3)NC(=S)N2C2CCCCC2)[nH]1. The molecule has 2 atom stereocenters. The Morgan fingerprint density at radius 1 is 1.12 bits per heavy atom. The minimum atomic E-state index is 0.0960. The summed E-state index contributed by atoms with van der Waals surface area (Å²) in [7, 11) is 0. The minimum absolute atomic E-state index is 0.0960. The average molecular weight is 340 g/mol. The van der Waals surface area contributed by atoms with Crippen LogP contribution in [0.1, 0.15) is 61.3 Å². The number of pyridine rings is 1. The maximum Gasteiger partial charge on any atom is 0.170 e. The molecule has 24 heavy (non-hydrogen) atoms. The number of H-pyrrole nitrogens is 1. The van der Waals surface area contributed by atoms with Gasteiger partial charge in [-0.05, 0) is 56.2 Å². The molecule has 0 aromatic carbocycles. The molecule has 0 unspecified atom stereocenters. The number of aryl methyl sites for hydroxylation is 1. The molecule has 2 aromatic heterocycles. The van der Waals surface area contributed by atoms with Gasteiger partial charge in [0, 0.05) is 23.6 Å². The molecule has 1 saturated heterocycles. The molecule has 2 aromatic rings. The van der Waals surface area contributed by atoms with Crippen molar-refractivity contribution in [3.63, 3.8) is 0 Å². The van der Waals surface area contributed by atoms with Crippen LogP contribution in [-0.4, -0.2) is 26.0 Å². The van der Waals surface area contributed by atoms with Gasteiger partial charge in [-0.3, -0.25) is 4.98 Å². The molecule has 1 aliphatic heterocycles. The quantitative estimate of drug-likeness (QED) is 0.828. The van der Waals surface area contributed by atoms with Gasteiger partial charge in [0.15, 0.2) is 5.11 Å². The minimum Gasteiger partial charge on any atom is -0.361 e. The zero-order chi connectivity index (χ0) is 16.5. The van der Waals surface area contributed by atoms with Gasteiger partial charge in [-0.1, -0.05) is 25.3 Å². The lowest BCUT2D eigenvalue weighted by Crippen LogP contribution is -2.40. The summed E-state index contributed by atoms with van der Waals surface area (Å²) in [6, 6.07) is 11.3. The van der Waals surface area contributed by atoms with Gasteiger partial charge < -0.3 is 15.2 Å². The van der Waals surface area contributed by atoms with Gasteiger partial charge >= 0.3 is 0 Å². The van der Waals surface area contributed by atoms with E-state index >= 15 is 0 Å². The van der Waals surface area contributed by atoms with E-state index in [2.05, 4.69) is 45.3 Å². The number of aromatic nitrogens is 2. The molecule has 0 amide bonds. The van der Waals surface area contributed by atoms with Gasteiger partial charge in [0.2, 0.25) is 0 Å². The number of thiocarbonyl (C=S) groups is 1. The van der Waals surface area contributed by atoms with E-state index in [9.17, 15) is 0 Å². The Labute approximate surface area is 148 Å². The van der Waals surface area contributed by atoms with Crippen molar-refractivity contribution < 1.29 is 0 Å². The van der Waals surface area contributed by atoms with Crippen molar-refractivity contribution in [3.05, 3.63) is 53.6 Å². The Morgan fingerprint density at radius 3 is 2.62 bits per heavy atom. The van der Waals surface area contributed by atoms with Crippen molar-refractivity contribution in [2.45, 2.75) is 57.2 Å². The maximum atomic E-state index is 5.76. The first-order valence-electron chi connectivity index (χ1n) is 8.89. The van der Waals surface area contributed by atoms with E-state index in [-0.39, 0.29) is 12.1 Å². The second-order valence-electron chi connectivity index (χ2n) is 6.92. The Bertz CT molecular complexity index is 705. The second-order valence-corrected chi connectivity index (χ2v) is 7.31. The third-order valence-corrected chi connectivity index (χ3v) is 5.61. The molecule has 1 aliphatic carbocycles. The highest BCUT2D eigenvalue weighted by atomic mass is 32.1. The summed E-state index contributed by atoms with van der Waals surface area (Å²) in [5, 5.41) is 4.42. The number of aromatic amines is 1. The second kappa shape index (κ2) is 6.55. The number of nitrogens with zero attached hydrogens (tertiary/aromatic N) is 2. The zero-order valence-corrected chi connectivity index (χ0v) is 14.9. The van der Waals surface area contributed by atoms with Crippen LogP contribution < -0.4 is 5.32 Å². The first-order valence-corrected chi connectivity index (χ1v) is 9.30. The molecule has 5 heteroatoms. The van der Waals surface area contributed by atoms with Crippen LogP contribution in [-0.2, 0) is 0 Å². The highest BCUT2D eigenvalue weighted by Crippen LogP contribution is 2.41. The maximum absolute atomic E-state index is 5.76. The number of nitrogens with one attached hydrogen (secondary N) is 2. The van der Waals surface area contributed by atoms with Gasteiger partial charge in [-0.2, -0.15) is 0 Å². The third-order valence-electron chi connectivity index (χ3n) is 5.28. The van der Waals surface area contributed by atoms with Crippen LogP contribution in [0.15, 0.2) is 36.5 Å². The standard InChI is InChI=1S/C19H24N4S/c1-13-10-11-16(21-13)18-17(15-9-5-6-12-20-15)22-19(24)23(18)14-7-3-2-4-8-14/h5-6,9-12,14,17-18,21H,2-4,7-8H2,1H3,(H,22,24)/t17-,18-/m1/s1. The van der Waals surface area contributed by atoms with E-state index in [1.807, 2.05) is 18.3 Å². The molecular weight excluding hydrogens is 316 g/mol. The van der Waals surface area contributed by atoms with E-state index < -0.39 is 0 Å². The van der Waals surface area contributed by atoms with Gasteiger partial charge in [-0.15, -0.1) is 0 Å². The van der Waals surface area contributed by atoms with Crippen molar-refractivity contribution in [1.29, 1.82) is 0 Å². The van der Waals surface area contributed by atoms with Gasteiger partial charge in [0.25, 0.3) is 0 Å². The van der Waals surface area contributed by atoms with Crippen LogP contribution >= 0.6 is 12.2 Å². The van der Waals surface area contributed by atoms with Crippen LogP contribution in [0.2, 0.25) is 0 Å². The normalized spacial score (nSPS) is 25.0. The zero-order valence-electron chi connectivity index (χ0n) is 14.0. The molecule has 0 radical (unpaired) electrons. The lowest BCUT2D eigenvalue weighted by Gasteiger charge is -2.36. The summed E-state index contributed by atoms with van der Waals surface area (Å²) in [5.74, 6) is 0. The van der Waals surface area contributed by atoms with Crippen molar-refractivity contribution in [2.75, 3.05) is 0 Å². The predicted molar refractivity (Wildman–Crippen MR) is 99.7 cm³/mol. The van der Waals surface area contributed by atoms with Crippen LogP contribution in [0, 0.1) is 6.92 Å². The fourth-order valence-electron chi connectivity index (χ4n) is 4.15. The average Bonchev–Trinajstić information content (AvgIpc) is 3.19. The van der Waals surface area contributed by atoms with E-state index in [4.69, 9.17) is 12.2 Å². The van der Waals surface area contributed by atoms with Crippen LogP contribution in [0.3, 0.4) is 0 Å². The summed E-state index contributed by atoms with van der Waals surface area (Å²) in [5.41, 5.74) is 3.46. The van der Waals surface area contributed by atoms with E-state index in [0.717, 1.165) is 10.8 Å².